The standard InChI is InChI=1S/C8H10N2O2S/c9-4-8(12)10-5-6(11)7-2-1-3-13-7/h1-3H,4-5,9H2,(H,10,12). The lowest BCUT2D eigenvalue weighted by Crippen LogP contribution is -2.34. The highest BCUT2D eigenvalue weighted by Crippen LogP contribution is 2.08. The van der Waals surface area contributed by atoms with E-state index in [1.807, 2.05) is 5.38 Å². The average molecular weight is 198 g/mol. The van der Waals surface area contributed by atoms with E-state index in [2.05, 4.69) is 5.32 Å². The third-order valence-corrected chi connectivity index (χ3v) is 2.34. The molecule has 3 N–H and O–H groups in total. The van der Waals surface area contributed by atoms with Crippen molar-refractivity contribution in [3.05, 3.63) is 22.4 Å². The van der Waals surface area contributed by atoms with Crippen molar-refractivity contribution in [1.29, 1.82) is 0 Å². The number of nitrogens with one attached hydrogen (secondary N) is 1. The maximum atomic E-state index is 11.3. The number of hydrogen-bond acceptors (Lipinski definition) is 4. The van der Waals surface area contributed by atoms with Gasteiger partial charge in [-0.1, -0.05) is 6.07 Å². The Bertz CT molecular complexity index is 295. The van der Waals surface area contributed by atoms with Crippen molar-refractivity contribution in [3.63, 3.8) is 0 Å². The lowest BCUT2D eigenvalue weighted by molar-refractivity contribution is -0.119. The molecule has 0 atom stereocenters. The molecule has 0 spiro atoms. The van der Waals surface area contributed by atoms with E-state index in [4.69, 9.17) is 5.73 Å². The van der Waals surface area contributed by atoms with Crippen molar-refractivity contribution in [2.75, 3.05) is 13.1 Å². The number of thiophene rings is 1. The van der Waals surface area contributed by atoms with Crippen LogP contribution in [0.3, 0.4) is 0 Å². The third kappa shape index (κ3) is 2.96. The van der Waals surface area contributed by atoms with Crippen LogP contribution in [0.4, 0.5) is 0 Å². The molecule has 0 saturated carbocycles. The molecule has 70 valence electrons. The van der Waals surface area contributed by atoms with Crippen LogP contribution in [0.25, 0.3) is 0 Å². The Labute approximate surface area is 79.7 Å². The normalized spacial score (nSPS) is 9.62. The zero-order valence-corrected chi connectivity index (χ0v) is 7.76. The van der Waals surface area contributed by atoms with Crippen LogP contribution in [0.5, 0.6) is 0 Å². The van der Waals surface area contributed by atoms with Crippen molar-refractivity contribution in [3.8, 4) is 0 Å². The number of ketones is 1. The summed E-state index contributed by atoms with van der Waals surface area (Å²) in [5.74, 6) is -0.401. The van der Waals surface area contributed by atoms with Gasteiger partial charge < -0.3 is 11.1 Å². The van der Waals surface area contributed by atoms with Crippen molar-refractivity contribution < 1.29 is 9.59 Å². The van der Waals surface area contributed by atoms with Crippen LogP contribution in [0.15, 0.2) is 17.5 Å². The summed E-state index contributed by atoms with van der Waals surface area (Å²) < 4.78 is 0. The second kappa shape index (κ2) is 4.74. The molecule has 0 bridgehead atoms. The number of hydrogen-bond donors (Lipinski definition) is 2. The van der Waals surface area contributed by atoms with Gasteiger partial charge in [0.1, 0.15) is 0 Å². The molecule has 0 saturated heterocycles. The van der Waals surface area contributed by atoms with E-state index in [1.165, 1.54) is 11.3 Å². The summed E-state index contributed by atoms with van der Waals surface area (Å²) in [6.45, 7) is -0.0612. The minimum absolute atomic E-state index is 0.0244. The summed E-state index contributed by atoms with van der Waals surface area (Å²) in [5.41, 5.74) is 5.06. The first-order valence-electron chi connectivity index (χ1n) is 3.77. The van der Waals surface area contributed by atoms with Crippen molar-refractivity contribution >= 4 is 23.0 Å². The molecule has 0 unspecified atom stereocenters. The zero-order chi connectivity index (χ0) is 9.68. The number of rotatable bonds is 4. The molecule has 1 aromatic rings. The van der Waals surface area contributed by atoms with Gasteiger partial charge in [-0.2, -0.15) is 0 Å². The van der Waals surface area contributed by atoms with E-state index in [0.29, 0.717) is 4.88 Å². The van der Waals surface area contributed by atoms with Crippen LogP contribution in [-0.4, -0.2) is 24.8 Å². The molecule has 13 heavy (non-hydrogen) atoms. The molecule has 0 aliphatic carbocycles. The summed E-state index contributed by atoms with van der Waals surface area (Å²) in [6, 6.07) is 3.52. The highest BCUT2D eigenvalue weighted by Gasteiger charge is 2.07. The molecule has 1 heterocycles. The monoisotopic (exact) mass is 198 g/mol. The maximum Gasteiger partial charge on any atom is 0.234 e. The molecule has 4 nitrogen and oxygen atoms in total. The van der Waals surface area contributed by atoms with Crippen LogP contribution in [0, 0.1) is 0 Å². The number of amides is 1. The van der Waals surface area contributed by atoms with E-state index < -0.39 is 0 Å². The predicted molar refractivity (Wildman–Crippen MR) is 50.7 cm³/mol. The average Bonchev–Trinajstić information content (AvgIpc) is 2.66. The molecule has 1 aromatic heterocycles. The van der Waals surface area contributed by atoms with Gasteiger partial charge >= 0.3 is 0 Å². The van der Waals surface area contributed by atoms with Gasteiger partial charge in [-0.25, -0.2) is 0 Å². The molecule has 0 fully saturated rings. The van der Waals surface area contributed by atoms with E-state index in [0.717, 1.165) is 0 Å². The predicted octanol–water partition coefficient (Wildman–Crippen LogP) is 0.00570. The second-order valence-corrected chi connectivity index (χ2v) is 3.33. The topological polar surface area (TPSA) is 72.2 Å². The molecular weight excluding hydrogens is 188 g/mol. The maximum absolute atomic E-state index is 11.3. The number of Topliss-reactive ketones (excluding diaryl/α,β-unsaturated/α-hetero) is 1. The van der Waals surface area contributed by atoms with E-state index in [1.54, 1.807) is 12.1 Å². The fourth-order valence-corrected chi connectivity index (χ4v) is 1.44. The van der Waals surface area contributed by atoms with Gasteiger partial charge in [-0.3, -0.25) is 9.59 Å². The second-order valence-electron chi connectivity index (χ2n) is 2.38. The van der Waals surface area contributed by atoms with Crippen LogP contribution in [-0.2, 0) is 4.79 Å². The van der Waals surface area contributed by atoms with Gasteiger partial charge in [0.05, 0.1) is 18.0 Å². The van der Waals surface area contributed by atoms with Crippen LogP contribution in [0.2, 0.25) is 0 Å². The van der Waals surface area contributed by atoms with Crippen LogP contribution >= 0.6 is 11.3 Å². The minimum Gasteiger partial charge on any atom is -0.348 e. The van der Waals surface area contributed by atoms with Crippen LogP contribution < -0.4 is 11.1 Å². The number of nitrogens with two attached hydrogens (primary N) is 1. The van der Waals surface area contributed by atoms with E-state index in [-0.39, 0.29) is 24.8 Å². The third-order valence-electron chi connectivity index (χ3n) is 1.43. The Hall–Kier alpha value is -1.20. The van der Waals surface area contributed by atoms with Gasteiger partial charge in [-0.15, -0.1) is 11.3 Å². The quantitative estimate of drug-likeness (QED) is 0.669. The lowest BCUT2D eigenvalue weighted by atomic mass is 10.3. The first-order chi connectivity index (χ1) is 6.24. The Balaban J connectivity index is 2.39. The number of carbonyl (C=O) groups excluding carboxylic acids is 2. The summed E-state index contributed by atoms with van der Waals surface area (Å²) in [6.07, 6.45) is 0. The summed E-state index contributed by atoms with van der Waals surface area (Å²) in [7, 11) is 0. The van der Waals surface area contributed by atoms with Gasteiger partial charge in [0.15, 0.2) is 5.78 Å². The first-order valence-corrected chi connectivity index (χ1v) is 4.65. The highest BCUT2D eigenvalue weighted by molar-refractivity contribution is 7.12. The highest BCUT2D eigenvalue weighted by atomic mass is 32.1. The molecule has 0 aliphatic rings. The van der Waals surface area contributed by atoms with Gasteiger partial charge in [0.2, 0.25) is 5.91 Å². The van der Waals surface area contributed by atoms with Gasteiger partial charge in [0.25, 0.3) is 0 Å². The molecule has 1 amide bonds. The summed E-state index contributed by atoms with van der Waals surface area (Å²) >= 11 is 1.36. The van der Waals surface area contributed by atoms with Crippen molar-refractivity contribution in [1.82, 2.24) is 5.32 Å². The fourth-order valence-electron chi connectivity index (χ4n) is 0.775. The smallest absolute Gasteiger partial charge is 0.234 e. The zero-order valence-electron chi connectivity index (χ0n) is 6.95. The minimum atomic E-state index is -0.315. The Morgan fingerprint density at radius 3 is 2.85 bits per heavy atom. The Morgan fingerprint density at radius 1 is 1.54 bits per heavy atom. The van der Waals surface area contributed by atoms with Gasteiger partial charge in [0, 0.05) is 0 Å². The van der Waals surface area contributed by atoms with Crippen LogP contribution in [0.1, 0.15) is 9.67 Å². The molecular formula is C8H10N2O2S. The first kappa shape index (κ1) is 9.88. The molecule has 1 rings (SSSR count). The molecule has 0 aromatic carbocycles. The molecule has 5 heteroatoms. The molecule has 0 aliphatic heterocycles. The molecule has 0 radical (unpaired) electrons. The van der Waals surface area contributed by atoms with E-state index >= 15 is 0 Å². The largest absolute Gasteiger partial charge is 0.348 e. The Morgan fingerprint density at radius 2 is 2.31 bits per heavy atom. The van der Waals surface area contributed by atoms with Crippen molar-refractivity contribution in [2.24, 2.45) is 5.73 Å². The SMILES string of the molecule is NCC(=O)NCC(=O)c1cccs1. The lowest BCUT2D eigenvalue weighted by Gasteiger charge is -1.99. The van der Waals surface area contributed by atoms with E-state index in [9.17, 15) is 9.59 Å². The summed E-state index contributed by atoms with van der Waals surface area (Å²) in [4.78, 5) is 22.6. The number of carbonyl (C=O) groups is 2. The van der Waals surface area contributed by atoms with Gasteiger partial charge in [-0.05, 0) is 11.4 Å². The summed E-state index contributed by atoms with van der Waals surface area (Å²) in [5, 5.41) is 4.23. The Kier molecular flexibility index (Phi) is 3.60. The van der Waals surface area contributed by atoms with Crippen molar-refractivity contribution in [2.45, 2.75) is 0 Å². The fraction of sp³-hybridized carbons (Fsp3) is 0.250.